The number of aromatic nitrogens is 2. The van der Waals surface area contributed by atoms with Crippen molar-refractivity contribution >= 4 is 50.1 Å². The molecule has 2 heterocycles. The van der Waals surface area contributed by atoms with Crippen LogP contribution in [0.4, 0.5) is 10.2 Å². The molecule has 1 aromatic heterocycles. The van der Waals surface area contributed by atoms with Crippen molar-refractivity contribution in [3.63, 3.8) is 0 Å². The molecule has 5 nitrogen and oxygen atoms in total. The number of rotatable bonds is 3. The molecule has 1 aliphatic heterocycles. The standard InChI is InChI=1S/C18H12BrClFN3O2S/c19-10-1-6-15(20)13(7-10)18(25)22-17-14-8-27(26)9-16(14)23-24(17)12-4-2-11(21)3-5-12/h1-7H,8-9H2,(H,22,25)/t27-/m1/s1. The van der Waals surface area contributed by atoms with Gasteiger partial charge >= 0.3 is 0 Å². The predicted molar refractivity (Wildman–Crippen MR) is 106 cm³/mol. The lowest BCUT2D eigenvalue weighted by molar-refractivity contribution is 0.102. The molecular formula is C18H12BrClFN3O2S. The van der Waals surface area contributed by atoms with E-state index in [1.54, 1.807) is 30.3 Å². The maximum atomic E-state index is 13.3. The monoisotopic (exact) mass is 467 g/mol. The van der Waals surface area contributed by atoms with Crippen LogP contribution in [-0.4, -0.2) is 19.9 Å². The van der Waals surface area contributed by atoms with Gasteiger partial charge in [0, 0.05) is 20.8 Å². The molecule has 1 aliphatic rings. The second kappa shape index (κ2) is 7.18. The van der Waals surface area contributed by atoms with E-state index in [4.69, 9.17) is 11.6 Å². The highest BCUT2D eigenvalue weighted by molar-refractivity contribution is 9.10. The van der Waals surface area contributed by atoms with Gasteiger partial charge in [0.15, 0.2) is 0 Å². The maximum Gasteiger partial charge on any atom is 0.258 e. The molecule has 1 amide bonds. The van der Waals surface area contributed by atoms with Crippen molar-refractivity contribution in [2.45, 2.75) is 11.5 Å². The zero-order chi connectivity index (χ0) is 19.1. The summed E-state index contributed by atoms with van der Waals surface area (Å²) in [5.74, 6) is 0.266. The third-order valence-corrected chi connectivity index (χ3v) is 6.17. The fourth-order valence-electron chi connectivity index (χ4n) is 2.87. The number of anilines is 1. The van der Waals surface area contributed by atoms with Crippen LogP contribution in [0.25, 0.3) is 5.69 Å². The highest BCUT2D eigenvalue weighted by atomic mass is 79.9. The van der Waals surface area contributed by atoms with Gasteiger partial charge in [-0.1, -0.05) is 27.5 Å². The minimum atomic E-state index is -1.05. The summed E-state index contributed by atoms with van der Waals surface area (Å²) in [5.41, 5.74) is 2.27. The molecule has 0 aliphatic carbocycles. The van der Waals surface area contributed by atoms with Crippen LogP contribution in [0.1, 0.15) is 21.6 Å². The molecule has 3 aromatic rings. The summed E-state index contributed by atoms with van der Waals surface area (Å²) >= 11 is 9.48. The summed E-state index contributed by atoms with van der Waals surface area (Å²) in [6.45, 7) is 0. The highest BCUT2D eigenvalue weighted by Gasteiger charge is 2.28. The van der Waals surface area contributed by atoms with E-state index in [1.165, 1.54) is 16.8 Å². The van der Waals surface area contributed by atoms with E-state index in [0.29, 0.717) is 39.3 Å². The van der Waals surface area contributed by atoms with Crippen LogP contribution in [0.5, 0.6) is 0 Å². The molecule has 0 radical (unpaired) electrons. The number of amides is 1. The zero-order valence-electron chi connectivity index (χ0n) is 13.7. The Labute approximate surface area is 170 Å². The molecule has 2 aromatic carbocycles. The van der Waals surface area contributed by atoms with Crippen LogP contribution in [0.2, 0.25) is 5.02 Å². The van der Waals surface area contributed by atoms with Gasteiger partial charge in [0.1, 0.15) is 11.6 Å². The zero-order valence-corrected chi connectivity index (χ0v) is 16.9. The molecule has 0 saturated heterocycles. The van der Waals surface area contributed by atoms with Crippen LogP contribution in [0, 0.1) is 5.82 Å². The minimum Gasteiger partial charge on any atom is -0.306 e. The Hall–Kier alpha value is -2.03. The van der Waals surface area contributed by atoms with Gasteiger partial charge in [0.05, 0.1) is 33.5 Å². The van der Waals surface area contributed by atoms with Crippen molar-refractivity contribution in [2.75, 3.05) is 5.32 Å². The van der Waals surface area contributed by atoms with E-state index in [2.05, 4.69) is 26.3 Å². The van der Waals surface area contributed by atoms with Crippen molar-refractivity contribution in [3.8, 4) is 5.69 Å². The molecule has 4 rings (SSSR count). The number of halogens is 3. The number of nitrogens with one attached hydrogen (secondary N) is 1. The molecule has 0 bridgehead atoms. The third-order valence-electron chi connectivity index (χ3n) is 4.15. The van der Waals surface area contributed by atoms with E-state index in [0.717, 1.165) is 10.0 Å². The Morgan fingerprint density at radius 1 is 1.22 bits per heavy atom. The number of carbonyl (C=O) groups is 1. The number of nitrogens with zero attached hydrogens (tertiary/aromatic N) is 2. The SMILES string of the molecule is O=C(Nc1c2c(nn1-c1ccc(F)cc1)C[S@](=O)C2)c1cc(Br)ccc1Cl. The Kier molecular flexibility index (Phi) is 4.88. The summed E-state index contributed by atoms with van der Waals surface area (Å²) < 4.78 is 27.5. The van der Waals surface area contributed by atoms with Gasteiger partial charge < -0.3 is 5.32 Å². The van der Waals surface area contributed by atoms with Crippen LogP contribution in [0.15, 0.2) is 46.9 Å². The highest BCUT2D eigenvalue weighted by Crippen LogP contribution is 2.32. The number of hydrogen-bond acceptors (Lipinski definition) is 3. The van der Waals surface area contributed by atoms with Crippen molar-refractivity contribution < 1.29 is 13.4 Å². The summed E-state index contributed by atoms with van der Waals surface area (Å²) in [5, 5.41) is 7.62. The first-order valence-corrected chi connectivity index (χ1v) is 10.6. The molecule has 0 saturated carbocycles. The van der Waals surface area contributed by atoms with Crippen LogP contribution in [-0.2, 0) is 22.3 Å². The van der Waals surface area contributed by atoms with Crippen molar-refractivity contribution in [1.82, 2.24) is 9.78 Å². The van der Waals surface area contributed by atoms with Gasteiger partial charge in [-0.25, -0.2) is 9.07 Å². The molecule has 1 atom stereocenters. The first kappa shape index (κ1) is 18.3. The predicted octanol–water partition coefficient (Wildman–Crippen LogP) is 4.44. The molecule has 0 spiro atoms. The normalized spacial score (nSPS) is 15.6. The number of carbonyl (C=O) groups excluding carboxylic acids is 1. The molecule has 0 fully saturated rings. The number of fused-ring (bicyclic) bond motifs is 1. The minimum absolute atomic E-state index is 0.297. The van der Waals surface area contributed by atoms with E-state index < -0.39 is 16.7 Å². The van der Waals surface area contributed by atoms with Gasteiger partial charge in [0.25, 0.3) is 5.91 Å². The smallest absolute Gasteiger partial charge is 0.258 e. The molecule has 27 heavy (non-hydrogen) atoms. The van der Waals surface area contributed by atoms with Gasteiger partial charge in [-0.15, -0.1) is 0 Å². The van der Waals surface area contributed by atoms with Crippen LogP contribution >= 0.6 is 27.5 Å². The average Bonchev–Trinajstić information content (AvgIpc) is 3.15. The second-order valence-electron chi connectivity index (χ2n) is 5.97. The lowest BCUT2D eigenvalue weighted by Crippen LogP contribution is -2.17. The average molecular weight is 469 g/mol. The van der Waals surface area contributed by atoms with Gasteiger partial charge in [-0.3, -0.25) is 9.00 Å². The van der Waals surface area contributed by atoms with Crippen molar-refractivity contribution in [3.05, 3.63) is 74.6 Å². The first-order chi connectivity index (χ1) is 12.9. The van der Waals surface area contributed by atoms with Crippen LogP contribution in [0.3, 0.4) is 0 Å². The quantitative estimate of drug-likeness (QED) is 0.618. The fraction of sp³-hybridized carbons (Fsp3) is 0.111. The van der Waals surface area contributed by atoms with E-state index in [1.807, 2.05) is 0 Å². The topological polar surface area (TPSA) is 64.0 Å². The first-order valence-electron chi connectivity index (χ1n) is 7.90. The lowest BCUT2D eigenvalue weighted by Gasteiger charge is -2.12. The number of benzene rings is 2. The molecule has 0 unspecified atom stereocenters. The molecule has 9 heteroatoms. The summed E-state index contributed by atoms with van der Waals surface area (Å²) in [6.07, 6.45) is 0. The van der Waals surface area contributed by atoms with E-state index in [-0.39, 0.29) is 5.82 Å². The molecular weight excluding hydrogens is 457 g/mol. The summed E-state index contributed by atoms with van der Waals surface area (Å²) in [6, 6.07) is 10.7. The Morgan fingerprint density at radius 2 is 1.96 bits per heavy atom. The van der Waals surface area contributed by atoms with Crippen LogP contribution < -0.4 is 5.32 Å². The molecule has 1 N–H and O–H groups in total. The third kappa shape index (κ3) is 3.56. The summed E-state index contributed by atoms with van der Waals surface area (Å²) in [4.78, 5) is 12.8. The van der Waals surface area contributed by atoms with E-state index in [9.17, 15) is 13.4 Å². The summed E-state index contributed by atoms with van der Waals surface area (Å²) in [7, 11) is -1.05. The van der Waals surface area contributed by atoms with Crippen molar-refractivity contribution in [2.24, 2.45) is 0 Å². The maximum absolute atomic E-state index is 13.3. The van der Waals surface area contributed by atoms with Crippen molar-refractivity contribution in [1.29, 1.82) is 0 Å². The van der Waals surface area contributed by atoms with E-state index >= 15 is 0 Å². The van der Waals surface area contributed by atoms with Gasteiger partial charge in [0.2, 0.25) is 0 Å². The van der Waals surface area contributed by atoms with Gasteiger partial charge in [-0.05, 0) is 42.5 Å². The van der Waals surface area contributed by atoms with Gasteiger partial charge in [-0.2, -0.15) is 5.10 Å². The largest absolute Gasteiger partial charge is 0.306 e. The Balaban J connectivity index is 1.77. The molecule has 138 valence electrons. The Bertz CT molecular complexity index is 1080. The number of hydrogen-bond donors (Lipinski definition) is 1. The lowest BCUT2D eigenvalue weighted by atomic mass is 10.2. The second-order valence-corrected chi connectivity index (χ2v) is 8.75. The fourth-order valence-corrected chi connectivity index (χ4v) is 4.70. The Morgan fingerprint density at radius 3 is 2.70 bits per heavy atom.